The first-order valence-corrected chi connectivity index (χ1v) is 5.21. The third kappa shape index (κ3) is 2.33. The van der Waals surface area contributed by atoms with Gasteiger partial charge in [0.1, 0.15) is 6.04 Å². The molecular weight excluding hydrogens is 212 g/mol. The Balaban J connectivity index is 2.86. The number of carboxylic acid groups (broad SMARTS) is 1. The molecule has 1 rings (SSSR count). The van der Waals surface area contributed by atoms with E-state index in [1.807, 2.05) is 0 Å². The van der Waals surface area contributed by atoms with Crippen molar-refractivity contribution in [3.05, 3.63) is 0 Å². The molecule has 1 fully saturated rings. The van der Waals surface area contributed by atoms with Gasteiger partial charge in [-0.2, -0.15) is 0 Å². The highest BCUT2D eigenvalue weighted by Crippen LogP contribution is 2.25. The van der Waals surface area contributed by atoms with Gasteiger partial charge in [0.25, 0.3) is 0 Å². The van der Waals surface area contributed by atoms with Crippen LogP contribution in [0, 0.1) is 5.41 Å². The van der Waals surface area contributed by atoms with Crippen molar-refractivity contribution < 1.29 is 19.8 Å². The zero-order valence-corrected chi connectivity index (χ0v) is 9.51. The maximum atomic E-state index is 12.0. The Hall–Kier alpha value is -1.14. The van der Waals surface area contributed by atoms with Crippen LogP contribution < -0.4 is 5.73 Å². The van der Waals surface area contributed by atoms with Gasteiger partial charge in [-0.15, -0.1) is 0 Å². The van der Waals surface area contributed by atoms with Crippen LogP contribution in [-0.4, -0.2) is 52.2 Å². The highest BCUT2D eigenvalue weighted by Gasteiger charge is 2.43. The minimum atomic E-state index is -1.09. The van der Waals surface area contributed by atoms with Crippen LogP contribution in [0.3, 0.4) is 0 Å². The lowest BCUT2D eigenvalue weighted by atomic mass is 9.91. The van der Waals surface area contributed by atoms with Gasteiger partial charge in [0, 0.05) is 19.5 Å². The number of likely N-dealkylation sites (tertiary alicyclic amines) is 1. The number of nitrogens with two attached hydrogens (primary N) is 1. The van der Waals surface area contributed by atoms with E-state index in [-0.39, 0.29) is 25.4 Å². The maximum absolute atomic E-state index is 12.0. The standard InChI is InChI=1S/C10H18N2O4/c1-10(2,5-11)9(16)12-4-6(13)3-7(12)8(14)15/h6-7,13H,3-5,11H2,1-2H3,(H,14,15)/t6-,7+/m1/s1. The zero-order chi connectivity index (χ0) is 12.5. The van der Waals surface area contributed by atoms with Crippen LogP contribution in [0.25, 0.3) is 0 Å². The Morgan fingerprint density at radius 1 is 1.50 bits per heavy atom. The first-order valence-electron chi connectivity index (χ1n) is 5.21. The van der Waals surface area contributed by atoms with Gasteiger partial charge in [-0.05, 0) is 13.8 Å². The molecule has 1 amide bonds. The highest BCUT2D eigenvalue weighted by atomic mass is 16.4. The molecule has 0 radical (unpaired) electrons. The van der Waals surface area contributed by atoms with Crippen molar-refractivity contribution in [1.82, 2.24) is 4.90 Å². The first-order chi connectivity index (χ1) is 7.29. The minimum Gasteiger partial charge on any atom is -0.480 e. The minimum absolute atomic E-state index is 0.0687. The van der Waals surface area contributed by atoms with E-state index >= 15 is 0 Å². The molecule has 1 saturated heterocycles. The Labute approximate surface area is 94.0 Å². The number of aliphatic hydroxyl groups excluding tert-OH is 1. The maximum Gasteiger partial charge on any atom is 0.326 e. The number of carboxylic acids is 1. The molecule has 6 nitrogen and oxygen atoms in total. The predicted octanol–water partition coefficient (Wildman–Crippen LogP) is -0.982. The lowest BCUT2D eigenvalue weighted by Crippen LogP contribution is -2.49. The fraction of sp³-hybridized carbons (Fsp3) is 0.800. The van der Waals surface area contributed by atoms with E-state index < -0.39 is 23.5 Å². The number of aliphatic hydroxyl groups is 1. The number of hydrogen-bond donors (Lipinski definition) is 3. The summed E-state index contributed by atoms with van der Waals surface area (Å²) < 4.78 is 0. The molecule has 0 bridgehead atoms. The molecule has 6 heteroatoms. The number of carbonyl (C=O) groups is 2. The van der Waals surface area contributed by atoms with E-state index in [9.17, 15) is 14.7 Å². The summed E-state index contributed by atoms with van der Waals surface area (Å²) in [6, 6.07) is -0.937. The fourth-order valence-corrected chi connectivity index (χ4v) is 1.75. The molecule has 0 aromatic carbocycles. The number of hydrogen-bond acceptors (Lipinski definition) is 4. The monoisotopic (exact) mass is 230 g/mol. The Kier molecular flexibility index (Phi) is 3.54. The summed E-state index contributed by atoms with van der Waals surface area (Å²) in [6.45, 7) is 3.54. The second kappa shape index (κ2) is 4.39. The molecule has 16 heavy (non-hydrogen) atoms. The van der Waals surface area contributed by atoms with Gasteiger partial charge in [0.05, 0.1) is 11.5 Å². The average Bonchev–Trinajstić information content (AvgIpc) is 2.59. The van der Waals surface area contributed by atoms with Gasteiger partial charge in [0.15, 0.2) is 0 Å². The summed E-state index contributed by atoms with van der Waals surface area (Å²) in [5, 5.41) is 18.4. The van der Waals surface area contributed by atoms with E-state index in [1.165, 1.54) is 4.90 Å². The third-order valence-corrected chi connectivity index (χ3v) is 2.91. The number of rotatable bonds is 3. The van der Waals surface area contributed by atoms with Crippen molar-refractivity contribution in [2.75, 3.05) is 13.1 Å². The van der Waals surface area contributed by atoms with E-state index in [4.69, 9.17) is 10.8 Å². The van der Waals surface area contributed by atoms with Gasteiger partial charge < -0.3 is 20.8 Å². The molecule has 0 spiro atoms. The SMILES string of the molecule is CC(C)(CN)C(=O)N1C[C@H](O)C[C@H]1C(=O)O. The molecule has 4 N–H and O–H groups in total. The number of nitrogens with zero attached hydrogens (tertiary/aromatic N) is 1. The molecule has 0 aromatic heterocycles. The van der Waals surface area contributed by atoms with Crippen molar-refractivity contribution in [2.24, 2.45) is 11.1 Å². The summed E-state index contributed by atoms with van der Waals surface area (Å²) >= 11 is 0. The largest absolute Gasteiger partial charge is 0.480 e. The lowest BCUT2D eigenvalue weighted by Gasteiger charge is -2.30. The number of carbonyl (C=O) groups excluding carboxylic acids is 1. The number of β-amino-alcohol motifs (C(OH)–C–C–N with tert-alkyl or cyclic N) is 1. The molecule has 1 aliphatic rings. The van der Waals surface area contributed by atoms with Crippen LogP contribution in [0.15, 0.2) is 0 Å². The molecule has 2 atom stereocenters. The van der Waals surface area contributed by atoms with E-state index in [1.54, 1.807) is 13.8 Å². The topological polar surface area (TPSA) is 104 Å². The molecule has 0 aromatic rings. The molecule has 1 aliphatic heterocycles. The van der Waals surface area contributed by atoms with Gasteiger partial charge in [0.2, 0.25) is 5.91 Å². The van der Waals surface area contributed by atoms with Crippen molar-refractivity contribution in [3.63, 3.8) is 0 Å². The highest BCUT2D eigenvalue weighted by molar-refractivity contribution is 5.87. The van der Waals surface area contributed by atoms with Crippen LogP contribution >= 0.6 is 0 Å². The van der Waals surface area contributed by atoms with Crippen molar-refractivity contribution in [3.8, 4) is 0 Å². The molecule has 0 unspecified atom stereocenters. The van der Waals surface area contributed by atoms with Crippen LogP contribution in [0.5, 0.6) is 0 Å². The number of aliphatic carboxylic acids is 1. The van der Waals surface area contributed by atoms with Gasteiger partial charge >= 0.3 is 5.97 Å². The number of amides is 1. The van der Waals surface area contributed by atoms with Gasteiger partial charge in [-0.3, -0.25) is 4.79 Å². The first kappa shape index (κ1) is 12.9. The Morgan fingerprint density at radius 2 is 2.06 bits per heavy atom. The van der Waals surface area contributed by atoms with Crippen LogP contribution in [0.4, 0.5) is 0 Å². The zero-order valence-electron chi connectivity index (χ0n) is 9.51. The van der Waals surface area contributed by atoms with Crippen LogP contribution in [-0.2, 0) is 9.59 Å². The van der Waals surface area contributed by atoms with Crippen LogP contribution in [0.2, 0.25) is 0 Å². The van der Waals surface area contributed by atoms with Crippen LogP contribution in [0.1, 0.15) is 20.3 Å². The summed E-state index contributed by atoms with van der Waals surface area (Å²) in [4.78, 5) is 24.2. The summed E-state index contributed by atoms with van der Waals surface area (Å²) in [6.07, 6.45) is -0.680. The molecule has 1 heterocycles. The smallest absolute Gasteiger partial charge is 0.326 e. The van der Waals surface area contributed by atoms with E-state index in [2.05, 4.69) is 0 Å². The predicted molar refractivity (Wildman–Crippen MR) is 56.6 cm³/mol. The van der Waals surface area contributed by atoms with Gasteiger partial charge in [-0.1, -0.05) is 0 Å². The van der Waals surface area contributed by atoms with Crippen molar-refractivity contribution in [1.29, 1.82) is 0 Å². The summed E-state index contributed by atoms with van der Waals surface area (Å²) in [5.74, 6) is -1.41. The summed E-state index contributed by atoms with van der Waals surface area (Å²) in [5.41, 5.74) is 4.68. The Morgan fingerprint density at radius 3 is 2.50 bits per heavy atom. The lowest BCUT2D eigenvalue weighted by molar-refractivity contribution is -0.152. The van der Waals surface area contributed by atoms with E-state index in [0.29, 0.717) is 0 Å². The second-order valence-electron chi connectivity index (χ2n) is 4.79. The molecule has 92 valence electrons. The fourth-order valence-electron chi connectivity index (χ4n) is 1.75. The van der Waals surface area contributed by atoms with E-state index in [0.717, 1.165) is 0 Å². The molecule has 0 aliphatic carbocycles. The third-order valence-electron chi connectivity index (χ3n) is 2.91. The molecular formula is C10H18N2O4. The normalized spacial score (nSPS) is 25.9. The van der Waals surface area contributed by atoms with Crippen molar-refractivity contribution >= 4 is 11.9 Å². The summed E-state index contributed by atoms with van der Waals surface area (Å²) in [7, 11) is 0. The quantitative estimate of drug-likeness (QED) is 0.578. The second-order valence-corrected chi connectivity index (χ2v) is 4.79. The molecule has 0 saturated carbocycles. The Bertz CT molecular complexity index is 303. The average molecular weight is 230 g/mol. The van der Waals surface area contributed by atoms with Crippen molar-refractivity contribution in [2.45, 2.75) is 32.4 Å². The van der Waals surface area contributed by atoms with Gasteiger partial charge in [-0.25, -0.2) is 4.79 Å².